The fourth-order valence-corrected chi connectivity index (χ4v) is 4.04. The minimum absolute atomic E-state index is 0.0226. The van der Waals surface area contributed by atoms with E-state index in [1.165, 1.54) is 5.56 Å². The van der Waals surface area contributed by atoms with Gasteiger partial charge in [-0.2, -0.15) is 0 Å². The van der Waals surface area contributed by atoms with E-state index >= 15 is 0 Å². The van der Waals surface area contributed by atoms with Crippen LogP contribution in [0.2, 0.25) is 0 Å². The number of carbonyl (C=O) groups is 1. The van der Waals surface area contributed by atoms with Gasteiger partial charge in [0.15, 0.2) is 0 Å². The summed E-state index contributed by atoms with van der Waals surface area (Å²) >= 11 is 0. The second-order valence-corrected chi connectivity index (χ2v) is 6.54. The van der Waals surface area contributed by atoms with Gasteiger partial charge < -0.3 is 4.90 Å². The van der Waals surface area contributed by atoms with Crippen LogP contribution in [-0.2, 0) is 11.3 Å². The highest BCUT2D eigenvalue weighted by atomic mass is 16.2. The molecule has 1 atom stereocenters. The van der Waals surface area contributed by atoms with E-state index in [2.05, 4.69) is 33.5 Å². The van der Waals surface area contributed by atoms with Gasteiger partial charge in [0, 0.05) is 38.4 Å². The van der Waals surface area contributed by atoms with Crippen molar-refractivity contribution in [2.24, 2.45) is 0 Å². The van der Waals surface area contributed by atoms with Gasteiger partial charge in [-0.05, 0) is 49.9 Å². The second-order valence-electron chi connectivity index (χ2n) is 6.54. The molecule has 3 rings (SSSR count). The quantitative estimate of drug-likeness (QED) is 0.802. The smallest absolute Gasteiger partial charge is 0.223 e. The lowest BCUT2D eigenvalue weighted by Gasteiger charge is -2.52. The topological polar surface area (TPSA) is 36.4 Å². The highest BCUT2D eigenvalue weighted by Crippen LogP contribution is 2.37. The van der Waals surface area contributed by atoms with Crippen LogP contribution in [0.15, 0.2) is 37.2 Å². The van der Waals surface area contributed by atoms with Gasteiger partial charge in [-0.25, -0.2) is 0 Å². The average molecular weight is 299 g/mol. The van der Waals surface area contributed by atoms with Gasteiger partial charge in [0.05, 0.1) is 5.54 Å². The third-order valence-corrected chi connectivity index (χ3v) is 5.01. The summed E-state index contributed by atoms with van der Waals surface area (Å²) in [5.41, 5.74) is 1.32. The Morgan fingerprint density at radius 1 is 1.27 bits per heavy atom. The Morgan fingerprint density at radius 3 is 2.82 bits per heavy atom. The fourth-order valence-electron chi connectivity index (χ4n) is 4.04. The molecule has 22 heavy (non-hydrogen) atoms. The Balaban J connectivity index is 1.75. The lowest BCUT2D eigenvalue weighted by molar-refractivity contribution is -0.144. The number of nitrogens with zero attached hydrogens (tertiary/aromatic N) is 3. The number of carbonyl (C=O) groups excluding carboxylic acids is 1. The zero-order valence-electron chi connectivity index (χ0n) is 13.2. The summed E-state index contributed by atoms with van der Waals surface area (Å²) in [5.74, 6) is 0.303. The van der Waals surface area contributed by atoms with Crippen molar-refractivity contribution in [2.45, 2.75) is 44.2 Å². The predicted molar refractivity (Wildman–Crippen MR) is 87.2 cm³/mol. The number of aromatic nitrogens is 1. The van der Waals surface area contributed by atoms with Gasteiger partial charge in [0.1, 0.15) is 0 Å². The molecule has 0 bridgehead atoms. The van der Waals surface area contributed by atoms with E-state index in [0.29, 0.717) is 18.9 Å². The van der Waals surface area contributed by atoms with Crippen LogP contribution < -0.4 is 0 Å². The van der Waals surface area contributed by atoms with Gasteiger partial charge >= 0.3 is 0 Å². The van der Waals surface area contributed by atoms with Crippen molar-refractivity contribution in [3.8, 4) is 0 Å². The molecule has 4 heteroatoms. The Morgan fingerprint density at radius 2 is 2.05 bits per heavy atom. The molecule has 2 aliphatic rings. The van der Waals surface area contributed by atoms with Gasteiger partial charge in [-0.3, -0.25) is 14.7 Å². The number of piperidine rings is 2. The van der Waals surface area contributed by atoms with Crippen molar-refractivity contribution in [3.63, 3.8) is 0 Å². The van der Waals surface area contributed by atoms with Crippen LogP contribution in [0.3, 0.4) is 0 Å². The number of pyridine rings is 1. The Bertz CT molecular complexity index is 526. The first kappa shape index (κ1) is 15.2. The summed E-state index contributed by atoms with van der Waals surface area (Å²) in [6, 6.07) is 4.16. The van der Waals surface area contributed by atoms with Crippen LogP contribution in [0.25, 0.3) is 0 Å². The van der Waals surface area contributed by atoms with Gasteiger partial charge in [-0.15, -0.1) is 6.58 Å². The van der Waals surface area contributed by atoms with Crippen molar-refractivity contribution >= 4 is 5.91 Å². The molecule has 2 aliphatic heterocycles. The van der Waals surface area contributed by atoms with E-state index < -0.39 is 0 Å². The van der Waals surface area contributed by atoms with Crippen LogP contribution in [0.4, 0.5) is 0 Å². The van der Waals surface area contributed by atoms with Crippen LogP contribution in [0.5, 0.6) is 0 Å². The van der Waals surface area contributed by atoms with Gasteiger partial charge in [0.2, 0.25) is 5.91 Å². The molecule has 0 aliphatic carbocycles. The highest BCUT2D eigenvalue weighted by molar-refractivity contribution is 5.78. The first-order valence-corrected chi connectivity index (χ1v) is 8.26. The molecule has 2 fully saturated rings. The SMILES string of the molecule is C=CCN1C(=O)CCC[C@@]12CCCN(Cc1ccncc1)C2. The monoisotopic (exact) mass is 299 g/mol. The second kappa shape index (κ2) is 6.61. The largest absolute Gasteiger partial charge is 0.332 e. The lowest BCUT2D eigenvalue weighted by atomic mass is 9.79. The summed E-state index contributed by atoms with van der Waals surface area (Å²) in [5, 5.41) is 0. The number of hydrogen-bond donors (Lipinski definition) is 0. The van der Waals surface area contributed by atoms with Crippen LogP contribution >= 0.6 is 0 Å². The van der Waals surface area contributed by atoms with Crippen LogP contribution in [0.1, 0.15) is 37.7 Å². The maximum absolute atomic E-state index is 12.4. The number of hydrogen-bond acceptors (Lipinski definition) is 3. The van der Waals surface area contributed by atoms with E-state index in [1.54, 1.807) is 0 Å². The van der Waals surface area contributed by atoms with E-state index in [4.69, 9.17) is 0 Å². The van der Waals surface area contributed by atoms with E-state index in [-0.39, 0.29) is 5.54 Å². The standard InChI is InChI=1S/C18H25N3O/c1-2-12-21-17(22)5-3-8-18(21)9-4-13-20(15-18)14-16-6-10-19-11-7-16/h2,6-7,10-11H,1,3-5,8-9,12-15H2/t18-/m0/s1. The van der Waals surface area contributed by atoms with Crippen molar-refractivity contribution in [1.82, 2.24) is 14.8 Å². The molecular formula is C18H25N3O. The van der Waals surface area contributed by atoms with Gasteiger partial charge in [0.25, 0.3) is 0 Å². The molecule has 4 nitrogen and oxygen atoms in total. The van der Waals surface area contributed by atoms with Crippen LogP contribution in [0, 0.1) is 0 Å². The predicted octanol–water partition coefficient (Wildman–Crippen LogP) is 2.61. The van der Waals surface area contributed by atoms with Crippen LogP contribution in [-0.4, -0.2) is 45.9 Å². The highest BCUT2D eigenvalue weighted by Gasteiger charge is 2.44. The van der Waals surface area contributed by atoms with E-state index in [0.717, 1.165) is 45.3 Å². The summed E-state index contributed by atoms with van der Waals surface area (Å²) in [6.07, 6.45) is 10.7. The zero-order chi connectivity index (χ0) is 15.4. The molecule has 2 saturated heterocycles. The van der Waals surface area contributed by atoms with Gasteiger partial charge in [-0.1, -0.05) is 6.08 Å². The van der Waals surface area contributed by atoms with Crippen molar-refractivity contribution in [2.75, 3.05) is 19.6 Å². The summed E-state index contributed by atoms with van der Waals surface area (Å²) in [6.45, 7) is 7.56. The molecule has 118 valence electrons. The third-order valence-electron chi connectivity index (χ3n) is 5.01. The minimum atomic E-state index is 0.0226. The number of likely N-dealkylation sites (tertiary alicyclic amines) is 2. The van der Waals surface area contributed by atoms with Crippen molar-refractivity contribution in [1.29, 1.82) is 0 Å². The first-order valence-electron chi connectivity index (χ1n) is 8.26. The molecule has 1 aromatic heterocycles. The normalized spacial score (nSPS) is 26.4. The molecule has 1 amide bonds. The molecular weight excluding hydrogens is 274 g/mol. The molecule has 0 saturated carbocycles. The fraction of sp³-hybridized carbons (Fsp3) is 0.556. The lowest BCUT2D eigenvalue weighted by Crippen LogP contribution is -2.62. The number of rotatable bonds is 4. The molecule has 0 N–H and O–H groups in total. The molecule has 1 spiro atoms. The summed E-state index contributed by atoms with van der Waals surface area (Å²) in [4.78, 5) is 21.1. The zero-order valence-corrected chi connectivity index (χ0v) is 13.2. The average Bonchev–Trinajstić information content (AvgIpc) is 2.53. The summed E-state index contributed by atoms with van der Waals surface area (Å²) in [7, 11) is 0. The molecule has 1 aromatic rings. The van der Waals surface area contributed by atoms with E-state index in [9.17, 15) is 4.79 Å². The molecule has 0 unspecified atom stereocenters. The van der Waals surface area contributed by atoms with E-state index in [1.807, 2.05) is 18.5 Å². The first-order chi connectivity index (χ1) is 10.7. The molecule has 0 radical (unpaired) electrons. The summed E-state index contributed by atoms with van der Waals surface area (Å²) < 4.78 is 0. The Kier molecular flexibility index (Phi) is 4.57. The minimum Gasteiger partial charge on any atom is -0.332 e. The maximum Gasteiger partial charge on any atom is 0.223 e. The maximum atomic E-state index is 12.4. The molecule has 3 heterocycles. The Hall–Kier alpha value is -1.68. The third kappa shape index (κ3) is 3.07. The van der Waals surface area contributed by atoms with Crippen molar-refractivity contribution < 1.29 is 4.79 Å². The number of amides is 1. The molecule has 0 aromatic carbocycles. The van der Waals surface area contributed by atoms with Crippen molar-refractivity contribution in [3.05, 3.63) is 42.7 Å². The Labute approximate surface area is 132 Å².